The molecule has 0 bridgehead atoms. The summed E-state index contributed by atoms with van der Waals surface area (Å²) in [5, 5.41) is 7.72. The summed E-state index contributed by atoms with van der Waals surface area (Å²) < 4.78 is 25.4. The zero-order valence-electron chi connectivity index (χ0n) is 12.8. The van der Waals surface area contributed by atoms with E-state index in [4.69, 9.17) is 9.47 Å². The summed E-state index contributed by atoms with van der Waals surface area (Å²) in [6, 6.07) is 6.20. The third-order valence-electron chi connectivity index (χ3n) is 3.93. The van der Waals surface area contributed by atoms with E-state index in [0.717, 1.165) is 24.8 Å². The Bertz CT molecular complexity index is 689. The van der Waals surface area contributed by atoms with E-state index in [1.165, 1.54) is 23.0 Å². The maximum absolute atomic E-state index is 13.2. The molecule has 7 heteroatoms. The van der Waals surface area contributed by atoms with Crippen LogP contribution in [-0.4, -0.2) is 40.3 Å². The zero-order valence-corrected chi connectivity index (χ0v) is 12.8. The number of carbonyl (C=O) groups excluding carboxylic acids is 1. The van der Waals surface area contributed by atoms with Crippen LogP contribution >= 0.6 is 0 Å². The summed E-state index contributed by atoms with van der Waals surface area (Å²) >= 11 is 0. The number of rotatable bonds is 5. The van der Waals surface area contributed by atoms with Crippen LogP contribution in [0.1, 0.15) is 35.3 Å². The van der Waals surface area contributed by atoms with E-state index < -0.39 is 5.97 Å². The highest BCUT2D eigenvalue weighted by Crippen LogP contribution is 2.25. The molecule has 0 unspecified atom stereocenters. The Hall–Kier alpha value is -2.28. The molecular formula is C16H18FN3O3. The quantitative estimate of drug-likeness (QED) is 0.790. The Kier molecular flexibility index (Phi) is 4.66. The van der Waals surface area contributed by atoms with Gasteiger partial charge in [-0.2, -0.15) is 0 Å². The maximum Gasteiger partial charge on any atom is 0.360 e. The predicted molar refractivity (Wildman–Crippen MR) is 79.4 cm³/mol. The lowest BCUT2D eigenvalue weighted by molar-refractivity contribution is -0.0210. The van der Waals surface area contributed by atoms with E-state index >= 15 is 0 Å². The lowest BCUT2D eigenvalue weighted by atomic mass is 10.2. The number of carbonyl (C=O) groups is 1. The van der Waals surface area contributed by atoms with Crippen LogP contribution in [0, 0.1) is 5.82 Å². The van der Waals surface area contributed by atoms with Gasteiger partial charge < -0.3 is 9.47 Å². The van der Waals surface area contributed by atoms with Gasteiger partial charge in [0.05, 0.1) is 18.8 Å². The average Bonchev–Trinajstić information content (AvgIpc) is 3.16. The van der Waals surface area contributed by atoms with Crippen LogP contribution in [-0.2, 0) is 16.0 Å². The van der Waals surface area contributed by atoms with E-state index in [1.54, 1.807) is 19.2 Å². The van der Waals surface area contributed by atoms with Crippen molar-refractivity contribution in [1.29, 1.82) is 0 Å². The van der Waals surface area contributed by atoms with E-state index in [-0.39, 0.29) is 23.7 Å². The first kappa shape index (κ1) is 15.6. The molecule has 1 fully saturated rings. The molecule has 1 heterocycles. The van der Waals surface area contributed by atoms with Crippen LogP contribution in [0.15, 0.2) is 30.5 Å². The fourth-order valence-corrected chi connectivity index (χ4v) is 2.79. The van der Waals surface area contributed by atoms with Gasteiger partial charge in [0.1, 0.15) is 11.9 Å². The van der Waals surface area contributed by atoms with Crippen LogP contribution < -0.4 is 0 Å². The Morgan fingerprint density at radius 1 is 1.39 bits per heavy atom. The number of esters is 1. The molecule has 2 aromatic rings. The largest absolute Gasteiger partial charge is 0.455 e. The molecule has 0 N–H and O–H groups in total. The monoisotopic (exact) mass is 319 g/mol. The fraction of sp³-hybridized carbons (Fsp3) is 0.438. The SMILES string of the molecule is CO[C@H]1CCC[C@@H]1OC(=O)c1cn(Cc2cccc(F)c2)nn1. The second-order valence-corrected chi connectivity index (χ2v) is 5.58. The van der Waals surface area contributed by atoms with Gasteiger partial charge in [-0.1, -0.05) is 17.3 Å². The molecule has 1 aliphatic rings. The lowest BCUT2D eigenvalue weighted by Gasteiger charge is -2.17. The van der Waals surface area contributed by atoms with Crippen molar-refractivity contribution in [2.24, 2.45) is 0 Å². The number of halogens is 1. The van der Waals surface area contributed by atoms with Gasteiger partial charge in [-0.15, -0.1) is 5.10 Å². The summed E-state index contributed by atoms with van der Waals surface area (Å²) in [7, 11) is 1.62. The molecule has 0 aliphatic heterocycles. The third kappa shape index (κ3) is 3.73. The summed E-state index contributed by atoms with van der Waals surface area (Å²) in [6.45, 7) is 0.335. The normalized spacial score (nSPS) is 20.6. The molecule has 3 rings (SSSR count). The van der Waals surface area contributed by atoms with Gasteiger partial charge in [0.2, 0.25) is 0 Å². The second kappa shape index (κ2) is 6.87. The summed E-state index contributed by atoms with van der Waals surface area (Å²) in [6.07, 6.45) is 3.87. The topological polar surface area (TPSA) is 66.2 Å². The zero-order chi connectivity index (χ0) is 16.2. The summed E-state index contributed by atoms with van der Waals surface area (Å²) in [5.41, 5.74) is 0.883. The first-order valence-electron chi connectivity index (χ1n) is 7.54. The smallest absolute Gasteiger partial charge is 0.360 e. The summed E-state index contributed by atoms with van der Waals surface area (Å²) in [4.78, 5) is 12.1. The highest BCUT2D eigenvalue weighted by molar-refractivity contribution is 5.86. The lowest BCUT2D eigenvalue weighted by Crippen LogP contribution is -2.27. The molecule has 0 spiro atoms. The van der Waals surface area contributed by atoms with Gasteiger partial charge >= 0.3 is 5.97 Å². The Morgan fingerprint density at radius 2 is 2.22 bits per heavy atom. The molecule has 1 aromatic heterocycles. The van der Waals surface area contributed by atoms with Crippen LogP contribution in [0.2, 0.25) is 0 Å². The van der Waals surface area contributed by atoms with Crippen LogP contribution in [0.5, 0.6) is 0 Å². The molecule has 1 saturated carbocycles. The van der Waals surface area contributed by atoms with Gasteiger partial charge in [0, 0.05) is 7.11 Å². The van der Waals surface area contributed by atoms with Crippen molar-refractivity contribution in [3.05, 3.63) is 47.5 Å². The highest BCUT2D eigenvalue weighted by atomic mass is 19.1. The van der Waals surface area contributed by atoms with Crippen molar-refractivity contribution in [1.82, 2.24) is 15.0 Å². The van der Waals surface area contributed by atoms with Crippen molar-refractivity contribution in [2.75, 3.05) is 7.11 Å². The first-order chi connectivity index (χ1) is 11.2. The molecule has 122 valence electrons. The van der Waals surface area contributed by atoms with Gasteiger partial charge in [-0.25, -0.2) is 13.9 Å². The van der Waals surface area contributed by atoms with Crippen molar-refractivity contribution in [3.8, 4) is 0 Å². The standard InChI is InChI=1S/C16H18FN3O3/c1-22-14-6-3-7-15(14)23-16(21)13-10-20(19-18-13)9-11-4-2-5-12(17)8-11/h2,4-5,8,10,14-15H,3,6-7,9H2,1H3/t14-,15-/m0/s1. The van der Waals surface area contributed by atoms with Crippen molar-refractivity contribution in [2.45, 2.75) is 38.0 Å². The van der Waals surface area contributed by atoms with Crippen LogP contribution in [0.25, 0.3) is 0 Å². The summed E-state index contributed by atoms with van der Waals surface area (Å²) in [5.74, 6) is -0.821. The number of hydrogen-bond donors (Lipinski definition) is 0. The Labute approximate surface area is 133 Å². The molecule has 0 radical (unpaired) electrons. The predicted octanol–water partition coefficient (Wildman–Crippen LogP) is 2.19. The van der Waals surface area contributed by atoms with Gasteiger partial charge in [0.25, 0.3) is 0 Å². The molecule has 0 saturated heterocycles. The van der Waals surface area contributed by atoms with Gasteiger partial charge in [-0.05, 0) is 37.0 Å². The number of methoxy groups -OCH3 is 1. The highest BCUT2D eigenvalue weighted by Gasteiger charge is 2.31. The molecule has 2 atom stereocenters. The van der Waals surface area contributed by atoms with E-state index in [0.29, 0.717) is 6.54 Å². The van der Waals surface area contributed by atoms with Gasteiger partial charge in [-0.3, -0.25) is 0 Å². The van der Waals surface area contributed by atoms with Crippen LogP contribution in [0.3, 0.4) is 0 Å². The first-order valence-corrected chi connectivity index (χ1v) is 7.54. The average molecular weight is 319 g/mol. The number of nitrogens with zero attached hydrogens (tertiary/aromatic N) is 3. The molecule has 1 aliphatic carbocycles. The van der Waals surface area contributed by atoms with E-state index in [9.17, 15) is 9.18 Å². The molecule has 0 amide bonds. The van der Waals surface area contributed by atoms with E-state index in [2.05, 4.69) is 10.3 Å². The minimum atomic E-state index is -0.510. The Balaban J connectivity index is 1.63. The number of aromatic nitrogens is 3. The Morgan fingerprint density at radius 3 is 3.00 bits per heavy atom. The number of ether oxygens (including phenoxy) is 2. The van der Waals surface area contributed by atoms with Crippen LogP contribution in [0.4, 0.5) is 4.39 Å². The molecular weight excluding hydrogens is 301 g/mol. The maximum atomic E-state index is 13.2. The third-order valence-corrected chi connectivity index (χ3v) is 3.93. The van der Waals surface area contributed by atoms with E-state index in [1.807, 2.05) is 0 Å². The minimum absolute atomic E-state index is 0.0544. The number of benzene rings is 1. The fourth-order valence-electron chi connectivity index (χ4n) is 2.79. The second-order valence-electron chi connectivity index (χ2n) is 5.58. The van der Waals surface area contributed by atoms with Crippen molar-refractivity contribution >= 4 is 5.97 Å². The number of hydrogen-bond acceptors (Lipinski definition) is 5. The van der Waals surface area contributed by atoms with Crippen molar-refractivity contribution < 1.29 is 18.7 Å². The minimum Gasteiger partial charge on any atom is -0.455 e. The van der Waals surface area contributed by atoms with Gasteiger partial charge in [0.15, 0.2) is 5.69 Å². The van der Waals surface area contributed by atoms with Crippen molar-refractivity contribution in [3.63, 3.8) is 0 Å². The molecule has 23 heavy (non-hydrogen) atoms. The molecule has 6 nitrogen and oxygen atoms in total. The molecule has 1 aromatic carbocycles.